The fourth-order valence-corrected chi connectivity index (χ4v) is 2.22. The summed E-state index contributed by atoms with van der Waals surface area (Å²) in [6.07, 6.45) is -5.59. The highest BCUT2D eigenvalue weighted by atomic mass is 19.4. The number of Topliss-reactive ketones (excluding diaryl/α,β-unsaturated/α-hetero) is 1. The highest BCUT2D eigenvalue weighted by Crippen LogP contribution is 2.31. The smallest absolute Gasteiger partial charge is 0.444 e. The Bertz CT molecular complexity index is 658. The summed E-state index contributed by atoms with van der Waals surface area (Å²) >= 11 is 0. The zero-order valence-corrected chi connectivity index (χ0v) is 13.8. The van der Waals surface area contributed by atoms with E-state index in [2.05, 4.69) is 4.74 Å². The van der Waals surface area contributed by atoms with E-state index in [9.17, 15) is 27.2 Å². The zero-order chi connectivity index (χ0) is 19.0. The van der Waals surface area contributed by atoms with Gasteiger partial charge >= 0.3 is 12.5 Å². The number of ether oxygens (including phenoxy) is 2. The van der Waals surface area contributed by atoms with Crippen molar-refractivity contribution in [3.63, 3.8) is 0 Å². The van der Waals surface area contributed by atoms with Crippen LogP contribution in [0.25, 0.3) is 0 Å². The van der Waals surface area contributed by atoms with Crippen LogP contribution in [0.15, 0.2) is 24.3 Å². The molecular formula is C16H17F4NO4. The predicted molar refractivity (Wildman–Crippen MR) is 79.1 cm³/mol. The van der Waals surface area contributed by atoms with Crippen molar-refractivity contribution in [3.8, 4) is 5.75 Å². The summed E-state index contributed by atoms with van der Waals surface area (Å²) in [6.45, 7) is 4.03. The fraction of sp³-hybridized carbons (Fsp3) is 0.500. The third-order valence-corrected chi connectivity index (χ3v) is 3.29. The van der Waals surface area contributed by atoms with Gasteiger partial charge in [-0.15, -0.1) is 13.2 Å². The second-order valence-corrected chi connectivity index (χ2v) is 6.70. The maximum Gasteiger partial charge on any atom is 0.573 e. The molecule has 0 bridgehead atoms. The molecule has 1 aromatic carbocycles. The molecule has 0 atom stereocenters. The van der Waals surface area contributed by atoms with Crippen LogP contribution in [0.3, 0.4) is 0 Å². The Balaban J connectivity index is 1.98. The molecule has 0 aromatic heterocycles. The Morgan fingerprint density at radius 2 is 1.60 bits per heavy atom. The minimum atomic E-state index is -4.85. The van der Waals surface area contributed by atoms with Crippen molar-refractivity contribution in [2.24, 2.45) is 0 Å². The third kappa shape index (κ3) is 4.83. The average Bonchev–Trinajstić information content (AvgIpc) is 2.40. The van der Waals surface area contributed by atoms with Crippen molar-refractivity contribution in [2.45, 2.75) is 38.4 Å². The zero-order valence-electron chi connectivity index (χ0n) is 13.8. The van der Waals surface area contributed by atoms with Crippen LogP contribution in [-0.4, -0.2) is 47.5 Å². The number of alkyl halides is 4. The topological polar surface area (TPSA) is 55.8 Å². The van der Waals surface area contributed by atoms with E-state index in [0.29, 0.717) is 0 Å². The standard InChI is InChI=1S/C16H17F4NO4/c1-14(2,3)25-13(23)21-8-15(17,9-21)12(22)10-4-6-11(7-5-10)24-16(18,19)20/h4-7H,8-9H2,1-3H3. The SMILES string of the molecule is CC(C)(C)OC(=O)N1CC(F)(C(=O)c2ccc(OC(F)(F)F)cc2)C1. The van der Waals surface area contributed by atoms with Crippen LogP contribution < -0.4 is 4.74 Å². The molecule has 25 heavy (non-hydrogen) atoms. The predicted octanol–water partition coefficient (Wildman–Crippen LogP) is 3.73. The molecule has 0 radical (unpaired) electrons. The molecule has 9 heteroatoms. The lowest BCUT2D eigenvalue weighted by Crippen LogP contribution is -2.65. The van der Waals surface area contributed by atoms with E-state index >= 15 is 0 Å². The van der Waals surface area contributed by atoms with E-state index in [1.165, 1.54) is 0 Å². The van der Waals surface area contributed by atoms with E-state index in [4.69, 9.17) is 4.74 Å². The van der Waals surface area contributed by atoms with Crippen LogP contribution in [-0.2, 0) is 4.74 Å². The first-order valence-corrected chi connectivity index (χ1v) is 7.37. The Labute approximate surface area is 141 Å². The third-order valence-electron chi connectivity index (χ3n) is 3.29. The van der Waals surface area contributed by atoms with Gasteiger partial charge in [0.15, 0.2) is 0 Å². The molecule has 1 amide bonds. The van der Waals surface area contributed by atoms with Gasteiger partial charge in [0.2, 0.25) is 11.5 Å². The minimum Gasteiger partial charge on any atom is -0.444 e. The first kappa shape index (κ1) is 19.0. The number of halogens is 4. The molecule has 0 unspecified atom stereocenters. The number of carbonyl (C=O) groups is 2. The minimum absolute atomic E-state index is 0.110. The van der Waals surface area contributed by atoms with Gasteiger partial charge in [-0.05, 0) is 45.0 Å². The van der Waals surface area contributed by atoms with Crippen LogP contribution in [0.5, 0.6) is 5.75 Å². The van der Waals surface area contributed by atoms with Crippen LogP contribution in [0, 0.1) is 0 Å². The molecule has 1 aromatic rings. The summed E-state index contributed by atoms with van der Waals surface area (Å²) in [6, 6.07) is 3.94. The molecule has 5 nitrogen and oxygen atoms in total. The van der Waals surface area contributed by atoms with Crippen molar-refractivity contribution >= 4 is 11.9 Å². The molecule has 1 heterocycles. The van der Waals surface area contributed by atoms with Gasteiger partial charge in [0, 0.05) is 5.56 Å². The molecule has 1 saturated heterocycles. The number of carbonyl (C=O) groups excluding carboxylic acids is 2. The largest absolute Gasteiger partial charge is 0.573 e. The molecule has 1 aliphatic rings. The first-order chi connectivity index (χ1) is 11.3. The maximum absolute atomic E-state index is 14.6. The number of hydrogen-bond acceptors (Lipinski definition) is 4. The van der Waals surface area contributed by atoms with Crippen molar-refractivity contribution < 1.29 is 36.6 Å². The molecule has 1 aliphatic heterocycles. The Morgan fingerprint density at radius 3 is 2.04 bits per heavy atom. The summed E-state index contributed by atoms with van der Waals surface area (Å²) < 4.78 is 59.6. The number of benzene rings is 1. The molecular weight excluding hydrogens is 346 g/mol. The molecule has 138 valence electrons. The van der Waals surface area contributed by atoms with E-state index < -0.39 is 48.3 Å². The number of hydrogen-bond donors (Lipinski definition) is 0. The highest BCUT2D eigenvalue weighted by Gasteiger charge is 2.53. The van der Waals surface area contributed by atoms with Crippen molar-refractivity contribution in [1.82, 2.24) is 4.90 Å². The fourth-order valence-electron chi connectivity index (χ4n) is 2.22. The van der Waals surface area contributed by atoms with Crippen molar-refractivity contribution in [1.29, 1.82) is 0 Å². The van der Waals surface area contributed by atoms with Crippen LogP contribution in [0.2, 0.25) is 0 Å². The molecule has 2 rings (SSSR count). The lowest BCUT2D eigenvalue weighted by atomic mass is 9.88. The highest BCUT2D eigenvalue weighted by molar-refractivity contribution is 6.04. The summed E-state index contributed by atoms with van der Waals surface area (Å²) in [5.41, 5.74) is -3.14. The summed E-state index contributed by atoms with van der Waals surface area (Å²) in [4.78, 5) is 25.0. The van der Waals surface area contributed by atoms with Gasteiger partial charge in [-0.2, -0.15) is 0 Å². The van der Waals surface area contributed by atoms with Crippen LogP contribution in [0.1, 0.15) is 31.1 Å². The normalized spacial score (nSPS) is 16.8. The molecule has 0 spiro atoms. The average molecular weight is 363 g/mol. The van der Waals surface area contributed by atoms with E-state index in [1.54, 1.807) is 20.8 Å². The lowest BCUT2D eigenvalue weighted by Gasteiger charge is -2.43. The van der Waals surface area contributed by atoms with E-state index in [0.717, 1.165) is 29.2 Å². The molecule has 0 N–H and O–H groups in total. The van der Waals surface area contributed by atoms with Gasteiger partial charge in [-0.25, -0.2) is 9.18 Å². The van der Waals surface area contributed by atoms with Crippen molar-refractivity contribution in [3.05, 3.63) is 29.8 Å². The Morgan fingerprint density at radius 1 is 1.08 bits per heavy atom. The number of likely N-dealkylation sites (tertiary alicyclic amines) is 1. The molecule has 1 fully saturated rings. The van der Waals surface area contributed by atoms with Crippen LogP contribution >= 0.6 is 0 Å². The number of rotatable bonds is 3. The van der Waals surface area contributed by atoms with Gasteiger partial charge in [-0.1, -0.05) is 0 Å². The van der Waals surface area contributed by atoms with Gasteiger partial charge in [0.05, 0.1) is 13.1 Å². The Kier molecular flexibility index (Phi) is 4.71. The first-order valence-electron chi connectivity index (χ1n) is 7.37. The number of amides is 1. The summed E-state index contributed by atoms with van der Waals surface area (Å²) in [5.74, 6) is -1.42. The second kappa shape index (κ2) is 6.20. The lowest BCUT2D eigenvalue weighted by molar-refractivity contribution is -0.274. The van der Waals surface area contributed by atoms with Gasteiger partial charge in [0.25, 0.3) is 0 Å². The quantitative estimate of drug-likeness (QED) is 0.607. The second-order valence-electron chi connectivity index (χ2n) is 6.70. The van der Waals surface area contributed by atoms with Gasteiger partial charge in [-0.3, -0.25) is 4.79 Å². The summed E-state index contributed by atoms with van der Waals surface area (Å²) in [7, 11) is 0. The monoisotopic (exact) mass is 363 g/mol. The van der Waals surface area contributed by atoms with Gasteiger partial charge in [0.1, 0.15) is 11.4 Å². The van der Waals surface area contributed by atoms with E-state index in [-0.39, 0.29) is 5.56 Å². The molecule has 0 saturated carbocycles. The molecule has 0 aliphatic carbocycles. The maximum atomic E-state index is 14.6. The number of nitrogens with zero attached hydrogens (tertiary/aromatic N) is 1. The van der Waals surface area contributed by atoms with Crippen molar-refractivity contribution in [2.75, 3.05) is 13.1 Å². The summed E-state index contributed by atoms with van der Waals surface area (Å²) in [5, 5.41) is 0. The Hall–Kier alpha value is -2.32. The number of ketones is 1. The van der Waals surface area contributed by atoms with Gasteiger partial charge < -0.3 is 14.4 Å². The van der Waals surface area contributed by atoms with E-state index in [1.807, 2.05) is 0 Å². The van der Waals surface area contributed by atoms with Crippen LogP contribution in [0.4, 0.5) is 22.4 Å².